The molecule has 0 N–H and O–H groups in total. The second-order valence-corrected chi connectivity index (χ2v) is 4.94. The summed E-state index contributed by atoms with van der Waals surface area (Å²) in [6.07, 6.45) is 7.38. The normalized spacial score (nSPS) is 15.1. The van der Waals surface area contributed by atoms with Gasteiger partial charge >= 0.3 is 0 Å². The Morgan fingerprint density at radius 1 is 1.04 bits per heavy atom. The fraction of sp³-hybridized carbons (Fsp3) is 0.400. The number of fused-ring (bicyclic) bond motifs is 2. The van der Waals surface area contributed by atoms with Gasteiger partial charge in [-0.1, -0.05) is 53.9 Å². The largest absolute Gasteiger partial charge is 0.245 e. The Labute approximate surface area is 145 Å². The van der Waals surface area contributed by atoms with E-state index in [1.165, 1.54) is 0 Å². The van der Waals surface area contributed by atoms with Gasteiger partial charge in [-0.3, -0.25) is 0 Å². The molecular formula is C20H28N4. The highest BCUT2D eigenvalue weighted by Crippen LogP contribution is 2.30. The molecule has 0 saturated heterocycles. The summed E-state index contributed by atoms with van der Waals surface area (Å²) in [6, 6.07) is 1.96. The van der Waals surface area contributed by atoms with Crippen LogP contribution in [-0.4, -0.2) is 21.2 Å². The van der Waals surface area contributed by atoms with Gasteiger partial charge in [0.1, 0.15) is 5.52 Å². The van der Waals surface area contributed by atoms with Crippen molar-refractivity contribution in [3.63, 3.8) is 0 Å². The third kappa shape index (κ3) is 4.13. The average Bonchev–Trinajstić information content (AvgIpc) is 2.83. The van der Waals surface area contributed by atoms with Gasteiger partial charge < -0.3 is 0 Å². The van der Waals surface area contributed by atoms with E-state index in [1.807, 2.05) is 40.0 Å². The van der Waals surface area contributed by atoms with Crippen LogP contribution in [0, 0.1) is 0 Å². The maximum absolute atomic E-state index is 4.72. The molecule has 3 rings (SSSR count). The number of hydrogen-bond donors (Lipinski definition) is 0. The van der Waals surface area contributed by atoms with Crippen LogP contribution >= 0.6 is 0 Å². The lowest BCUT2D eigenvalue weighted by Gasteiger charge is -2.11. The van der Waals surface area contributed by atoms with E-state index in [4.69, 9.17) is 4.98 Å². The maximum atomic E-state index is 4.72. The van der Waals surface area contributed by atoms with Crippen molar-refractivity contribution in [3.8, 4) is 0 Å². The summed E-state index contributed by atoms with van der Waals surface area (Å²) >= 11 is 0. The molecule has 4 nitrogen and oxygen atoms in total. The van der Waals surface area contributed by atoms with Crippen molar-refractivity contribution >= 4 is 35.3 Å². The molecule has 128 valence electrons. The van der Waals surface area contributed by atoms with Gasteiger partial charge in [-0.05, 0) is 25.0 Å². The molecule has 4 heteroatoms. The van der Waals surface area contributed by atoms with Crippen LogP contribution in [0.25, 0.3) is 23.3 Å². The zero-order valence-electron chi connectivity index (χ0n) is 15.5. The summed E-state index contributed by atoms with van der Waals surface area (Å²) in [5.41, 5.74) is 4.04. The van der Waals surface area contributed by atoms with E-state index in [2.05, 4.69) is 35.0 Å². The molecule has 24 heavy (non-hydrogen) atoms. The van der Waals surface area contributed by atoms with E-state index in [9.17, 15) is 0 Å². The molecule has 3 heterocycles. The first-order valence-corrected chi connectivity index (χ1v) is 8.73. The number of nitrogens with zero attached hydrogens (tertiary/aromatic N) is 4. The van der Waals surface area contributed by atoms with E-state index >= 15 is 0 Å². The number of aliphatic imine (C=N–C) groups is 1. The molecule has 1 unspecified atom stereocenters. The quantitative estimate of drug-likeness (QED) is 0.684. The van der Waals surface area contributed by atoms with Gasteiger partial charge in [0.25, 0.3) is 0 Å². The smallest absolute Gasteiger partial charge is 0.180 e. The second-order valence-electron chi connectivity index (χ2n) is 4.94. The SMILES string of the molecule is C=Cc1cc2nc3c(nc2nc1C=C)N=CCCC3C.CC.CC. The maximum Gasteiger partial charge on any atom is 0.180 e. The van der Waals surface area contributed by atoms with Crippen molar-refractivity contribution in [1.29, 1.82) is 0 Å². The zero-order valence-corrected chi connectivity index (χ0v) is 15.5. The summed E-state index contributed by atoms with van der Waals surface area (Å²) in [6.45, 7) is 17.7. The minimum absolute atomic E-state index is 0.357. The van der Waals surface area contributed by atoms with Crippen LogP contribution in [0.5, 0.6) is 0 Å². The second kappa shape index (κ2) is 9.71. The molecule has 0 amide bonds. The first-order chi connectivity index (χ1) is 11.7. The fourth-order valence-corrected chi connectivity index (χ4v) is 2.39. The third-order valence-corrected chi connectivity index (χ3v) is 3.55. The molecule has 2 aromatic heterocycles. The van der Waals surface area contributed by atoms with Crippen molar-refractivity contribution < 1.29 is 0 Å². The molecule has 1 atom stereocenters. The molecule has 0 fully saturated rings. The Bertz CT molecular complexity index is 732. The number of aromatic nitrogens is 3. The summed E-state index contributed by atoms with van der Waals surface area (Å²) < 4.78 is 0. The van der Waals surface area contributed by atoms with Gasteiger partial charge in [0.05, 0.1) is 11.4 Å². The van der Waals surface area contributed by atoms with Crippen molar-refractivity contribution in [1.82, 2.24) is 15.0 Å². The zero-order chi connectivity index (χ0) is 18.1. The van der Waals surface area contributed by atoms with E-state index in [1.54, 1.807) is 12.2 Å². The topological polar surface area (TPSA) is 51.0 Å². The Kier molecular flexibility index (Phi) is 7.96. The van der Waals surface area contributed by atoms with Crippen LogP contribution in [0.3, 0.4) is 0 Å². The van der Waals surface area contributed by atoms with Gasteiger partial charge in [0.2, 0.25) is 0 Å². The highest BCUT2D eigenvalue weighted by Gasteiger charge is 2.18. The molecule has 0 spiro atoms. The molecular weight excluding hydrogens is 296 g/mol. The Morgan fingerprint density at radius 3 is 2.38 bits per heavy atom. The highest BCUT2D eigenvalue weighted by atomic mass is 15.0. The van der Waals surface area contributed by atoms with Crippen LogP contribution in [0.15, 0.2) is 24.2 Å². The van der Waals surface area contributed by atoms with Crippen LogP contribution < -0.4 is 0 Å². The molecule has 0 radical (unpaired) electrons. The Hall–Kier alpha value is -2.36. The first-order valence-electron chi connectivity index (χ1n) is 8.73. The van der Waals surface area contributed by atoms with Crippen LogP contribution in [-0.2, 0) is 0 Å². The summed E-state index contributed by atoms with van der Waals surface area (Å²) in [5.74, 6) is 1.05. The van der Waals surface area contributed by atoms with Crippen molar-refractivity contribution in [2.24, 2.45) is 4.99 Å². The lowest BCUT2D eigenvalue weighted by atomic mass is 10.0. The Balaban J connectivity index is 0.000000671. The summed E-state index contributed by atoms with van der Waals surface area (Å²) in [4.78, 5) is 18.2. The van der Waals surface area contributed by atoms with Crippen LogP contribution in [0.2, 0.25) is 0 Å². The molecule has 0 aromatic carbocycles. The number of rotatable bonds is 2. The minimum atomic E-state index is 0.357. The van der Waals surface area contributed by atoms with E-state index in [0.717, 1.165) is 35.3 Å². The Morgan fingerprint density at radius 2 is 1.75 bits per heavy atom. The van der Waals surface area contributed by atoms with Gasteiger partial charge in [0, 0.05) is 17.7 Å². The fourth-order valence-electron chi connectivity index (χ4n) is 2.39. The average molecular weight is 324 g/mol. The van der Waals surface area contributed by atoms with Gasteiger partial charge in [-0.15, -0.1) is 0 Å². The van der Waals surface area contributed by atoms with Gasteiger partial charge in [-0.25, -0.2) is 19.9 Å². The lowest BCUT2D eigenvalue weighted by molar-refractivity contribution is 0.693. The molecule has 0 bridgehead atoms. The van der Waals surface area contributed by atoms with Gasteiger partial charge in [0.15, 0.2) is 11.5 Å². The number of hydrogen-bond acceptors (Lipinski definition) is 4. The van der Waals surface area contributed by atoms with Crippen molar-refractivity contribution in [2.75, 3.05) is 0 Å². The standard InChI is InChI=1S/C16H16N4.2C2H6/c1-4-11-9-13-15(19-12(11)5-2)20-16-14(18-13)10(3)7-6-8-17-16;2*1-2/h4-5,8-10H,1-2,6-7H2,3H3;2*1-2H3. The number of pyridine rings is 1. The molecule has 1 aliphatic rings. The lowest BCUT2D eigenvalue weighted by Crippen LogP contribution is -2.01. The van der Waals surface area contributed by atoms with E-state index < -0.39 is 0 Å². The van der Waals surface area contributed by atoms with Gasteiger partial charge in [-0.2, -0.15) is 0 Å². The summed E-state index contributed by atoms with van der Waals surface area (Å²) in [5, 5.41) is 0. The molecule has 2 aromatic rings. The van der Waals surface area contributed by atoms with Crippen LogP contribution in [0.4, 0.5) is 5.82 Å². The monoisotopic (exact) mass is 324 g/mol. The molecule has 1 aliphatic heterocycles. The first kappa shape index (κ1) is 19.7. The minimum Gasteiger partial charge on any atom is -0.245 e. The van der Waals surface area contributed by atoms with Crippen molar-refractivity contribution in [2.45, 2.75) is 53.4 Å². The molecule has 0 saturated carbocycles. The third-order valence-electron chi connectivity index (χ3n) is 3.55. The predicted octanol–water partition coefficient (Wildman–Crippen LogP) is 5.96. The summed E-state index contributed by atoms with van der Waals surface area (Å²) in [7, 11) is 0. The van der Waals surface area contributed by atoms with E-state index in [-0.39, 0.29) is 0 Å². The van der Waals surface area contributed by atoms with Crippen molar-refractivity contribution in [3.05, 3.63) is 36.2 Å². The highest BCUT2D eigenvalue weighted by molar-refractivity contribution is 5.79. The predicted molar refractivity (Wildman–Crippen MR) is 106 cm³/mol. The van der Waals surface area contributed by atoms with Crippen LogP contribution in [0.1, 0.15) is 70.3 Å². The van der Waals surface area contributed by atoms with E-state index in [0.29, 0.717) is 17.4 Å². The molecule has 0 aliphatic carbocycles.